The van der Waals surface area contributed by atoms with Crippen molar-refractivity contribution in [3.63, 3.8) is 0 Å². The van der Waals surface area contributed by atoms with Crippen LogP contribution < -0.4 is 4.90 Å². The summed E-state index contributed by atoms with van der Waals surface area (Å²) in [4.78, 5) is 2.47. The minimum Gasteiger partial charge on any atom is -0.310 e. The summed E-state index contributed by atoms with van der Waals surface area (Å²) >= 11 is 1.87. The van der Waals surface area contributed by atoms with E-state index in [1.165, 1.54) is 85.8 Å². The maximum atomic E-state index is 2.47. The summed E-state index contributed by atoms with van der Waals surface area (Å²) in [6.07, 6.45) is 0. The zero-order valence-electron chi connectivity index (χ0n) is 32.1. The average Bonchev–Trinajstić information content (AvgIpc) is 3.86. The van der Waals surface area contributed by atoms with E-state index in [9.17, 15) is 0 Å². The molecule has 0 spiro atoms. The summed E-state index contributed by atoms with van der Waals surface area (Å²) < 4.78 is 5.01. The van der Waals surface area contributed by atoms with Gasteiger partial charge in [0.05, 0.1) is 16.7 Å². The summed E-state index contributed by atoms with van der Waals surface area (Å²) in [7, 11) is 0. The molecule has 0 bridgehead atoms. The molecule has 276 valence electrons. The van der Waals surface area contributed by atoms with Crippen molar-refractivity contribution in [2.45, 2.75) is 0 Å². The Balaban J connectivity index is 1.10. The van der Waals surface area contributed by atoms with Gasteiger partial charge in [0.25, 0.3) is 0 Å². The number of nitrogens with zero attached hydrogens (tertiary/aromatic N) is 2. The van der Waals surface area contributed by atoms with Crippen molar-refractivity contribution in [1.82, 2.24) is 4.57 Å². The highest BCUT2D eigenvalue weighted by Crippen LogP contribution is 2.47. The summed E-state index contributed by atoms with van der Waals surface area (Å²) in [5.74, 6) is 0. The summed E-state index contributed by atoms with van der Waals surface area (Å²) in [6.45, 7) is 0. The van der Waals surface area contributed by atoms with Crippen molar-refractivity contribution < 1.29 is 0 Å². The quantitative estimate of drug-likeness (QED) is 0.164. The lowest BCUT2D eigenvalue weighted by Gasteiger charge is -2.27. The SMILES string of the molecule is c1ccc(-c2cccc3cccc(-c4ccc(N(c5ccc6sc7ccc8ccccc8c7c6c5)c5cccc6c5c5ccccc5n6-c5ccccc5)cc4)c23)cc1. The van der Waals surface area contributed by atoms with E-state index in [2.05, 4.69) is 228 Å². The van der Waals surface area contributed by atoms with Gasteiger partial charge >= 0.3 is 0 Å². The first kappa shape index (κ1) is 33.7. The van der Waals surface area contributed by atoms with Gasteiger partial charge in [-0.15, -0.1) is 11.3 Å². The Kier molecular flexibility index (Phi) is 7.75. The van der Waals surface area contributed by atoms with Gasteiger partial charge in [0.1, 0.15) is 0 Å². The van der Waals surface area contributed by atoms with E-state index in [0.29, 0.717) is 0 Å². The molecule has 2 nitrogen and oxygen atoms in total. The van der Waals surface area contributed by atoms with Crippen LogP contribution in [0.25, 0.3) is 91.5 Å². The van der Waals surface area contributed by atoms with Crippen LogP contribution in [0.3, 0.4) is 0 Å². The van der Waals surface area contributed by atoms with E-state index in [1.807, 2.05) is 11.3 Å². The molecule has 0 aliphatic heterocycles. The molecule has 3 heteroatoms. The van der Waals surface area contributed by atoms with Crippen LogP contribution in [0.2, 0.25) is 0 Å². The molecule has 12 rings (SSSR count). The van der Waals surface area contributed by atoms with Crippen molar-refractivity contribution in [1.29, 1.82) is 0 Å². The molecule has 0 aliphatic rings. The zero-order chi connectivity index (χ0) is 38.9. The summed E-state index contributed by atoms with van der Waals surface area (Å²) in [5.41, 5.74) is 11.8. The molecule has 0 aliphatic carbocycles. The fraction of sp³-hybridized carbons (Fsp3) is 0. The minimum atomic E-state index is 1.10. The average molecular weight is 769 g/mol. The number of para-hydroxylation sites is 2. The Labute approximate surface area is 346 Å². The van der Waals surface area contributed by atoms with Crippen LogP contribution in [0, 0.1) is 0 Å². The Morgan fingerprint density at radius 2 is 0.966 bits per heavy atom. The van der Waals surface area contributed by atoms with Crippen molar-refractivity contribution in [3.8, 4) is 27.9 Å². The van der Waals surface area contributed by atoms with E-state index in [1.54, 1.807) is 0 Å². The third-order valence-electron chi connectivity index (χ3n) is 12.0. The maximum absolute atomic E-state index is 2.47. The Bertz CT molecular complexity index is 3540. The second-order valence-corrected chi connectivity index (χ2v) is 16.3. The molecule has 2 heterocycles. The molecule has 0 fully saturated rings. The lowest BCUT2D eigenvalue weighted by Crippen LogP contribution is -2.10. The standard InChI is InChI=1S/C56H36N2S/c1-3-14-37(15-4-1)44-23-11-17-40-18-12-24-45(54(40)44)39-28-31-42(32-29-39)57(43-33-35-52-48(36-43)55-46-21-8-7-16-38(46)30-34-53(55)59-52)50-26-13-27-51-56(50)47-22-9-10-25-49(47)58(51)41-19-5-2-6-20-41/h1-36H. The normalized spacial score (nSPS) is 11.7. The second-order valence-electron chi connectivity index (χ2n) is 15.3. The van der Waals surface area contributed by atoms with E-state index in [0.717, 1.165) is 22.7 Å². The second kappa shape index (κ2) is 13.6. The number of anilines is 3. The third-order valence-corrected chi connectivity index (χ3v) is 13.1. The van der Waals surface area contributed by atoms with Gasteiger partial charge in [0, 0.05) is 48.0 Å². The van der Waals surface area contributed by atoms with E-state index < -0.39 is 0 Å². The number of thiophene rings is 1. The molecule has 59 heavy (non-hydrogen) atoms. The molecule has 2 aromatic heterocycles. The molecule has 0 atom stereocenters. The minimum absolute atomic E-state index is 1.10. The van der Waals surface area contributed by atoms with E-state index in [4.69, 9.17) is 0 Å². The highest BCUT2D eigenvalue weighted by Gasteiger charge is 2.22. The molecular formula is C56H36N2S. The summed E-state index contributed by atoms with van der Waals surface area (Å²) in [5, 5.41) is 10.1. The van der Waals surface area contributed by atoms with Gasteiger partial charge in [0.15, 0.2) is 0 Å². The maximum Gasteiger partial charge on any atom is 0.0562 e. The third kappa shape index (κ3) is 5.40. The molecule has 0 radical (unpaired) electrons. The number of rotatable bonds is 6. The predicted octanol–water partition coefficient (Wildman–Crippen LogP) is 16.3. The first-order chi connectivity index (χ1) is 29.3. The number of benzene rings is 10. The predicted molar refractivity (Wildman–Crippen MR) is 254 cm³/mol. The van der Waals surface area contributed by atoms with Crippen molar-refractivity contribution in [2.24, 2.45) is 0 Å². The van der Waals surface area contributed by atoms with Gasteiger partial charge in [-0.1, -0.05) is 152 Å². The first-order valence-corrected chi connectivity index (χ1v) is 21.0. The molecule has 0 saturated carbocycles. The Hall–Kier alpha value is -7.46. The van der Waals surface area contributed by atoms with Gasteiger partial charge in [-0.2, -0.15) is 0 Å². The molecule has 0 amide bonds. The van der Waals surface area contributed by atoms with Crippen molar-refractivity contribution in [3.05, 3.63) is 218 Å². The number of hydrogen-bond donors (Lipinski definition) is 0. The largest absolute Gasteiger partial charge is 0.310 e. The highest BCUT2D eigenvalue weighted by atomic mass is 32.1. The molecule has 0 saturated heterocycles. The van der Waals surface area contributed by atoms with Crippen LogP contribution in [0.4, 0.5) is 17.1 Å². The fourth-order valence-corrected chi connectivity index (χ4v) is 10.5. The number of hydrogen-bond acceptors (Lipinski definition) is 2. The Morgan fingerprint density at radius 1 is 0.356 bits per heavy atom. The van der Waals surface area contributed by atoms with Gasteiger partial charge in [-0.3, -0.25) is 0 Å². The van der Waals surface area contributed by atoms with Gasteiger partial charge in [-0.05, 0) is 111 Å². The topological polar surface area (TPSA) is 8.17 Å². The van der Waals surface area contributed by atoms with Gasteiger partial charge < -0.3 is 9.47 Å². The number of aromatic nitrogens is 1. The van der Waals surface area contributed by atoms with E-state index in [-0.39, 0.29) is 0 Å². The van der Waals surface area contributed by atoms with Crippen LogP contribution in [0.15, 0.2) is 218 Å². The fourth-order valence-electron chi connectivity index (χ4n) is 9.37. The van der Waals surface area contributed by atoms with E-state index >= 15 is 0 Å². The lowest BCUT2D eigenvalue weighted by molar-refractivity contribution is 1.18. The highest BCUT2D eigenvalue weighted by molar-refractivity contribution is 7.26. The van der Waals surface area contributed by atoms with Crippen LogP contribution in [-0.4, -0.2) is 4.57 Å². The van der Waals surface area contributed by atoms with Crippen molar-refractivity contribution in [2.75, 3.05) is 4.90 Å². The molecule has 10 aromatic carbocycles. The molecule has 0 N–H and O–H groups in total. The van der Waals surface area contributed by atoms with Crippen LogP contribution in [-0.2, 0) is 0 Å². The monoisotopic (exact) mass is 768 g/mol. The van der Waals surface area contributed by atoms with Crippen LogP contribution >= 0.6 is 11.3 Å². The van der Waals surface area contributed by atoms with Crippen LogP contribution in [0.5, 0.6) is 0 Å². The first-order valence-electron chi connectivity index (χ1n) is 20.2. The van der Waals surface area contributed by atoms with Gasteiger partial charge in [0.2, 0.25) is 0 Å². The molecule has 12 aromatic rings. The smallest absolute Gasteiger partial charge is 0.0562 e. The lowest BCUT2D eigenvalue weighted by atomic mass is 9.91. The molecular weight excluding hydrogens is 733 g/mol. The Morgan fingerprint density at radius 3 is 1.76 bits per heavy atom. The molecule has 0 unspecified atom stereocenters. The van der Waals surface area contributed by atoms with Crippen LogP contribution in [0.1, 0.15) is 0 Å². The summed E-state index contributed by atoms with van der Waals surface area (Å²) in [6, 6.07) is 79.9. The van der Waals surface area contributed by atoms with Crippen molar-refractivity contribution >= 4 is 91.9 Å². The number of fused-ring (bicyclic) bond motifs is 9. The van der Waals surface area contributed by atoms with Gasteiger partial charge in [-0.25, -0.2) is 0 Å². The zero-order valence-corrected chi connectivity index (χ0v) is 32.9.